The zero-order chi connectivity index (χ0) is 15.3. The molecular formula is C14H15F4NO2. The first-order valence-corrected chi connectivity index (χ1v) is 6.71. The zero-order valence-corrected chi connectivity index (χ0v) is 11.1. The topological polar surface area (TPSA) is 41.5 Å². The van der Waals surface area contributed by atoms with Crippen LogP contribution in [0.2, 0.25) is 0 Å². The Morgan fingerprint density at radius 2 is 1.81 bits per heavy atom. The van der Waals surface area contributed by atoms with Crippen LogP contribution in [0.5, 0.6) is 0 Å². The summed E-state index contributed by atoms with van der Waals surface area (Å²) >= 11 is 0. The van der Waals surface area contributed by atoms with Crippen molar-refractivity contribution in [3.8, 4) is 0 Å². The van der Waals surface area contributed by atoms with Gasteiger partial charge in [0.1, 0.15) is 5.82 Å². The highest BCUT2D eigenvalue weighted by Crippen LogP contribution is 2.43. The van der Waals surface area contributed by atoms with Gasteiger partial charge in [-0.1, -0.05) is 0 Å². The number of hydrogen-bond acceptors (Lipinski definition) is 3. The third-order valence-corrected chi connectivity index (χ3v) is 4.07. The molecule has 21 heavy (non-hydrogen) atoms. The summed E-state index contributed by atoms with van der Waals surface area (Å²) in [5, 5.41) is 13.9. The third kappa shape index (κ3) is 2.77. The Labute approximate surface area is 118 Å². The highest BCUT2D eigenvalue weighted by atomic mass is 19.4. The minimum Gasteiger partial charge on any atom is -0.385 e. The molecule has 0 saturated carbocycles. The maximum Gasteiger partial charge on any atom is 0.416 e. The van der Waals surface area contributed by atoms with Crippen LogP contribution in [0.3, 0.4) is 0 Å². The minimum atomic E-state index is -4.63. The second kappa shape index (κ2) is 4.93. The van der Waals surface area contributed by atoms with Gasteiger partial charge in [-0.05, 0) is 36.6 Å². The number of alkyl halides is 3. The van der Waals surface area contributed by atoms with Gasteiger partial charge in [-0.15, -0.1) is 0 Å². The van der Waals surface area contributed by atoms with Crippen LogP contribution in [-0.2, 0) is 16.5 Å². The molecule has 2 fully saturated rings. The molecule has 3 rings (SSSR count). The summed E-state index contributed by atoms with van der Waals surface area (Å²) in [5.74, 6) is -0.786. The number of rotatable bonds is 1. The second-order valence-electron chi connectivity index (χ2n) is 5.73. The molecular weight excluding hydrogens is 290 g/mol. The Kier molecular flexibility index (Phi) is 3.46. The van der Waals surface area contributed by atoms with Crippen molar-refractivity contribution in [1.82, 2.24) is 5.32 Å². The Morgan fingerprint density at radius 1 is 1.19 bits per heavy atom. The molecule has 1 aromatic rings. The van der Waals surface area contributed by atoms with Crippen LogP contribution in [0, 0.1) is 5.82 Å². The van der Waals surface area contributed by atoms with Gasteiger partial charge in [-0.2, -0.15) is 13.2 Å². The average molecular weight is 305 g/mol. The number of halogens is 4. The molecule has 0 aliphatic carbocycles. The molecule has 0 aromatic heterocycles. The molecule has 2 aliphatic rings. The summed E-state index contributed by atoms with van der Waals surface area (Å²) < 4.78 is 58.1. The first-order chi connectivity index (χ1) is 9.78. The molecule has 0 radical (unpaired) electrons. The third-order valence-electron chi connectivity index (χ3n) is 4.07. The Morgan fingerprint density at radius 3 is 2.38 bits per heavy atom. The lowest BCUT2D eigenvalue weighted by Crippen LogP contribution is -2.59. The predicted octanol–water partition coefficient (Wildman–Crippen LogP) is 2.18. The number of ether oxygens (including phenoxy) is 1. The fourth-order valence-corrected chi connectivity index (χ4v) is 3.28. The van der Waals surface area contributed by atoms with Gasteiger partial charge < -0.3 is 15.2 Å². The molecule has 7 heteroatoms. The maximum absolute atomic E-state index is 13.4. The van der Waals surface area contributed by atoms with Crippen molar-refractivity contribution >= 4 is 0 Å². The van der Waals surface area contributed by atoms with E-state index in [0.29, 0.717) is 19.3 Å². The lowest BCUT2D eigenvalue weighted by Gasteiger charge is -2.45. The Balaban J connectivity index is 2.04. The van der Waals surface area contributed by atoms with Crippen LogP contribution in [0.1, 0.15) is 24.0 Å². The molecule has 2 heterocycles. The Bertz CT molecular complexity index is 534. The van der Waals surface area contributed by atoms with Crippen LogP contribution >= 0.6 is 0 Å². The molecule has 0 spiro atoms. The lowest BCUT2D eigenvalue weighted by molar-refractivity contribution is -0.143. The smallest absolute Gasteiger partial charge is 0.385 e. The van der Waals surface area contributed by atoms with E-state index in [0.717, 1.165) is 12.1 Å². The van der Waals surface area contributed by atoms with E-state index < -0.39 is 23.2 Å². The van der Waals surface area contributed by atoms with Crippen molar-refractivity contribution in [3.05, 3.63) is 35.1 Å². The number of fused-ring (bicyclic) bond motifs is 2. The van der Waals surface area contributed by atoms with E-state index in [-0.39, 0.29) is 30.5 Å². The van der Waals surface area contributed by atoms with E-state index in [1.807, 2.05) is 0 Å². The van der Waals surface area contributed by atoms with Crippen LogP contribution in [0.4, 0.5) is 17.6 Å². The standard InChI is InChI=1S/C14H15F4NO2/c15-8-1-2-11(14(16,17)18)12(3-8)13(20)4-9-6-21-7-10(5-13)19-9/h1-3,9-10,19-20H,4-7H2. The van der Waals surface area contributed by atoms with Gasteiger partial charge in [-0.25, -0.2) is 4.39 Å². The van der Waals surface area contributed by atoms with E-state index in [1.54, 1.807) is 0 Å². The number of benzene rings is 1. The quantitative estimate of drug-likeness (QED) is 0.782. The van der Waals surface area contributed by atoms with Crippen molar-refractivity contribution in [2.24, 2.45) is 0 Å². The maximum atomic E-state index is 13.4. The van der Waals surface area contributed by atoms with Crippen molar-refractivity contribution in [1.29, 1.82) is 0 Å². The molecule has 2 unspecified atom stereocenters. The van der Waals surface area contributed by atoms with Crippen LogP contribution in [0.15, 0.2) is 18.2 Å². The van der Waals surface area contributed by atoms with Crippen LogP contribution in [-0.4, -0.2) is 30.4 Å². The fourth-order valence-electron chi connectivity index (χ4n) is 3.28. The van der Waals surface area contributed by atoms with Crippen molar-refractivity contribution in [2.45, 2.75) is 36.7 Å². The van der Waals surface area contributed by atoms with E-state index in [2.05, 4.69) is 5.32 Å². The van der Waals surface area contributed by atoms with Crippen molar-refractivity contribution < 1.29 is 27.4 Å². The van der Waals surface area contributed by atoms with E-state index in [4.69, 9.17) is 4.74 Å². The number of aliphatic hydroxyl groups is 1. The largest absolute Gasteiger partial charge is 0.416 e. The minimum absolute atomic E-state index is 0.0655. The highest BCUT2D eigenvalue weighted by molar-refractivity contribution is 5.36. The van der Waals surface area contributed by atoms with Gasteiger partial charge in [0.25, 0.3) is 0 Å². The van der Waals surface area contributed by atoms with Gasteiger partial charge in [0.2, 0.25) is 0 Å². The van der Waals surface area contributed by atoms with Gasteiger partial charge >= 0.3 is 6.18 Å². The summed E-state index contributed by atoms with van der Waals surface area (Å²) in [5.41, 5.74) is -3.06. The number of nitrogens with one attached hydrogen (secondary N) is 1. The Hall–Kier alpha value is -1.18. The predicted molar refractivity (Wildman–Crippen MR) is 66.1 cm³/mol. The molecule has 2 bridgehead atoms. The van der Waals surface area contributed by atoms with Gasteiger partial charge in [0.15, 0.2) is 0 Å². The summed E-state index contributed by atoms with van der Waals surface area (Å²) in [6.45, 7) is 0.658. The molecule has 2 atom stereocenters. The van der Waals surface area contributed by atoms with Gasteiger partial charge in [0.05, 0.1) is 24.4 Å². The zero-order valence-electron chi connectivity index (χ0n) is 11.1. The number of morpholine rings is 1. The fraction of sp³-hybridized carbons (Fsp3) is 0.571. The normalized spacial score (nSPS) is 33.0. The first-order valence-electron chi connectivity index (χ1n) is 6.71. The summed E-state index contributed by atoms with van der Waals surface area (Å²) in [4.78, 5) is 0. The van der Waals surface area contributed by atoms with Crippen molar-refractivity contribution in [2.75, 3.05) is 13.2 Å². The van der Waals surface area contributed by atoms with Crippen LogP contribution in [0.25, 0.3) is 0 Å². The lowest BCUT2D eigenvalue weighted by atomic mass is 9.76. The van der Waals surface area contributed by atoms with Crippen LogP contribution < -0.4 is 5.32 Å². The van der Waals surface area contributed by atoms with E-state index in [1.165, 1.54) is 0 Å². The summed E-state index contributed by atoms with van der Waals surface area (Å²) in [7, 11) is 0. The van der Waals surface area contributed by atoms with E-state index in [9.17, 15) is 22.7 Å². The number of piperidine rings is 1. The molecule has 3 nitrogen and oxygen atoms in total. The molecule has 1 aromatic carbocycles. The first kappa shape index (κ1) is 14.7. The van der Waals surface area contributed by atoms with Gasteiger partial charge in [0, 0.05) is 12.1 Å². The summed E-state index contributed by atoms with van der Waals surface area (Å²) in [6.07, 6.45) is -4.50. The molecule has 2 aliphatic heterocycles. The summed E-state index contributed by atoms with van der Waals surface area (Å²) in [6, 6.07) is 1.79. The molecule has 2 saturated heterocycles. The van der Waals surface area contributed by atoms with E-state index >= 15 is 0 Å². The molecule has 2 N–H and O–H groups in total. The monoisotopic (exact) mass is 305 g/mol. The SMILES string of the molecule is OC1(c2cc(F)ccc2C(F)(F)F)CC2COCC(C1)N2. The molecule has 116 valence electrons. The van der Waals surface area contributed by atoms with Crippen molar-refractivity contribution in [3.63, 3.8) is 0 Å². The van der Waals surface area contributed by atoms with Gasteiger partial charge in [-0.3, -0.25) is 0 Å². The number of hydrogen-bond donors (Lipinski definition) is 2. The second-order valence-corrected chi connectivity index (χ2v) is 5.73. The highest BCUT2D eigenvalue weighted by Gasteiger charge is 2.47. The molecule has 0 amide bonds. The average Bonchev–Trinajstić information content (AvgIpc) is 2.36.